The summed E-state index contributed by atoms with van der Waals surface area (Å²) < 4.78 is 11.4. The SMILES string of the molecule is C[C@H](CCCCCCCCCCCCCCC(=O)O)O[C@@H]1O[C@@H](C)[C@H](O)C[C@H]1O. The summed E-state index contributed by atoms with van der Waals surface area (Å²) in [6, 6.07) is 0. The summed E-state index contributed by atoms with van der Waals surface area (Å²) in [4.78, 5) is 10.4. The maximum atomic E-state index is 10.4. The lowest BCUT2D eigenvalue weighted by atomic mass is 10.0. The summed E-state index contributed by atoms with van der Waals surface area (Å²) in [5.41, 5.74) is 0. The van der Waals surface area contributed by atoms with Crippen LogP contribution in [0.25, 0.3) is 0 Å². The Morgan fingerprint density at radius 3 is 1.90 bits per heavy atom. The van der Waals surface area contributed by atoms with Crippen molar-refractivity contribution in [3.63, 3.8) is 0 Å². The fourth-order valence-corrected chi connectivity index (χ4v) is 3.84. The molecule has 1 rings (SSSR count). The summed E-state index contributed by atoms with van der Waals surface area (Å²) in [5, 5.41) is 28.3. The van der Waals surface area contributed by atoms with Crippen molar-refractivity contribution in [3.8, 4) is 0 Å². The second kappa shape index (κ2) is 16.1. The van der Waals surface area contributed by atoms with E-state index in [-0.39, 0.29) is 12.2 Å². The molecule has 0 aromatic rings. The average molecular weight is 417 g/mol. The van der Waals surface area contributed by atoms with Crippen LogP contribution in [0.2, 0.25) is 0 Å². The maximum absolute atomic E-state index is 10.4. The molecule has 1 fully saturated rings. The van der Waals surface area contributed by atoms with Crippen LogP contribution in [0.1, 0.15) is 110 Å². The Labute approximate surface area is 177 Å². The highest BCUT2D eigenvalue weighted by Gasteiger charge is 2.35. The molecular weight excluding hydrogens is 372 g/mol. The first-order valence-electron chi connectivity index (χ1n) is 11.8. The molecular formula is C23H44O6. The number of carboxylic acids is 1. The third-order valence-electron chi connectivity index (χ3n) is 5.81. The minimum atomic E-state index is -0.756. The van der Waals surface area contributed by atoms with Gasteiger partial charge in [-0.3, -0.25) is 4.79 Å². The summed E-state index contributed by atoms with van der Waals surface area (Å²) in [6.07, 6.45) is 13.6. The number of unbranched alkanes of at least 4 members (excludes halogenated alkanes) is 11. The zero-order valence-electron chi connectivity index (χ0n) is 18.6. The van der Waals surface area contributed by atoms with Gasteiger partial charge in [0.05, 0.1) is 18.3 Å². The monoisotopic (exact) mass is 416 g/mol. The third kappa shape index (κ3) is 13.3. The predicted molar refractivity (Wildman–Crippen MR) is 114 cm³/mol. The van der Waals surface area contributed by atoms with Crippen LogP contribution in [-0.2, 0) is 14.3 Å². The van der Waals surface area contributed by atoms with E-state index in [4.69, 9.17) is 14.6 Å². The van der Waals surface area contributed by atoms with Crippen LogP contribution in [-0.4, -0.2) is 52.0 Å². The first kappa shape index (κ1) is 26.3. The van der Waals surface area contributed by atoms with E-state index in [1.165, 1.54) is 51.4 Å². The van der Waals surface area contributed by atoms with Crippen LogP contribution in [0, 0.1) is 0 Å². The van der Waals surface area contributed by atoms with Gasteiger partial charge in [0.15, 0.2) is 6.29 Å². The molecule has 172 valence electrons. The number of hydrogen-bond acceptors (Lipinski definition) is 5. The van der Waals surface area contributed by atoms with E-state index in [1.54, 1.807) is 6.92 Å². The van der Waals surface area contributed by atoms with Gasteiger partial charge in [0.25, 0.3) is 0 Å². The van der Waals surface area contributed by atoms with Gasteiger partial charge in [0.1, 0.15) is 6.10 Å². The summed E-state index contributed by atoms with van der Waals surface area (Å²) in [6.45, 7) is 3.83. The summed E-state index contributed by atoms with van der Waals surface area (Å²) in [5.74, 6) is -0.681. The van der Waals surface area contributed by atoms with Crippen LogP contribution in [0.3, 0.4) is 0 Å². The molecule has 0 spiro atoms. The first-order valence-corrected chi connectivity index (χ1v) is 11.8. The van der Waals surface area contributed by atoms with Crippen LogP contribution in [0.5, 0.6) is 0 Å². The zero-order valence-corrected chi connectivity index (χ0v) is 18.6. The Bertz CT molecular complexity index is 416. The van der Waals surface area contributed by atoms with Crippen molar-refractivity contribution in [1.29, 1.82) is 0 Å². The second-order valence-corrected chi connectivity index (χ2v) is 8.70. The molecule has 3 N–H and O–H groups in total. The lowest BCUT2D eigenvalue weighted by Gasteiger charge is -2.36. The van der Waals surface area contributed by atoms with Crippen molar-refractivity contribution in [2.45, 2.75) is 141 Å². The molecule has 1 saturated heterocycles. The van der Waals surface area contributed by atoms with Crippen molar-refractivity contribution in [2.24, 2.45) is 0 Å². The molecule has 29 heavy (non-hydrogen) atoms. The van der Waals surface area contributed by atoms with Crippen molar-refractivity contribution in [2.75, 3.05) is 0 Å². The Morgan fingerprint density at radius 2 is 1.38 bits per heavy atom. The van der Waals surface area contributed by atoms with Crippen molar-refractivity contribution >= 4 is 5.97 Å². The van der Waals surface area contributed by atoms with E-state index in [9.17, 15) is 15.0 Å². The Morgan fingerprint density at radius 1 is 0.897 bits per heavy atom. The molecule has 0 aromatic carbocycles. The lowest BCUT2D eigenvalue weighted by molar-refractivity contribution is -0.273. The van der Waals surface area contributed by atoms with Gasteiger partial charge < -0.3 is 24.8 Å². The zero-order chi connectivity index (χ0) is 21.5. The van der Waals surface area contributed by atoms with E-state index in [1.807, 2.05) is 6.92 Å². The molecule has 0 saturated carbocycles. The van der Waals surface area contributed by atoms with Gasteiger partial charge in [0.2, 0.25) is 0 Å². The molecule has 6 heteroatoms. The van der Waals surface area contributed by atoms with E-state index >= 15 is 0 Å². The second-order valence-electron chi connectivity index (χ2n) is 8.70. The largest absolute Gasteiger partial charge is 0.481 e. The fourth-order valence-electron chi connectivity index (χ4n) is 3.84. The van der Waals surface area contributed by atoms with Crippen LogP contribution in [0.4, 0.5) is 0 Å². The Balaban J connectivity index is 1.86. The lowest BCUT2D eigenvalue weighted by Crippen LogP contribution is -2.48. The number of ether oxygens (including phenoxy) is 2. The van der Waals surface area contributed by atoms with Crippen LogP contribution >= 0.6 is 0 Å². The molecule has 1 heterocycles. The number of aliphatic hydroxyl groups is 2. The standard InChI is InChI=1S/C23H44O6/c1-18(28-23-21(25)17-20(24)19(2)29-23)15-13-11-9-7-5-3-4-6-8-10-12-14-16-22(26)27/h18-21,23-25H,3-17H2,1-2H3,(H,26,27)/t18-,19+,20-,21-,23-/m1/s1. The number of aliphatic carboxylic acids is 1. The van der Waals surface area contributed by atoms with E-state index in [2.05, 4.69) is 0 Å². The van der Waals surface area contributed by atoms with Crippen molar-refractivity contribution < 1.29 is 29.6 Å². The fraction of sp³-hybridized carbons (Fsp3) is 0.957. The van der Waals surface area contributed by atoms with E-state index in [0.29, 0.717) is 12.8 Å². The Kier molecular flexibility index (Phi) is 14.6. The predicted octanol–water partition coefficient (Wildman–Crippen LogP) is 4.79. The van der Waals surface area contributed by atoms with E-state index in [0.717, 1.165) is 32.1 Å². The van der Waals surface area contributed by atoms with Crippen LogP contribution in [0.15, 0.2) is 0 Å². The maximum Gasteiger partial charge on any atom is 0.303 e. The van der Waals surface area contributed by atoms with Gasteiger partial charge in [0, 0.05) is 12.8 Å². The molecule has 0 unspecified atom stereocenters. The molecule has 6 nitrogen and oxygen atoms in total. The van der Waals surface area contributed by atoms with Crippen molar-refractivity contribution in [3.05, 3.63) is 0 Å². The van der Waals surface area contributed by atoms with Gasteiger partial charge >= 0.3 is 5.97 Å². The summed E-state index contributed by atoms with van der Waals surface area (Å²) in [7, 11) is 0. The first-order chi connectivity index (χ1) is 13.9. The van der Waals surface area contributed by atoms with Crippen molar-refractivity contribution in [1.82, 2.24) is 0 Å². The minimum absolute atomic E-state index is 0.0487. The molecule has 0 radical (unpaired) electrons. The number of rotatable bonds is 17. The minimum Gasteiger partial charge on any atom is -0.481 e. The molecule has 0 bridgehead atoms. The van der Waals surface area contributed by atoms with Gasteiger partial charge in [-0.15, -0.1) is 0 Å². The van der Waals surface area contributed by atoms with Gasteiger partial charge in [-0.05, 0) is 26.7 Å². The quantitative estimate of drug-likeness (QED) is 0.295. The topological polar surface area (TPSA) is 96.2 Å². The molecule has 0 amide bonds. The molecule has 0 aliphatic carbocycles. The number of hydrogen-bond donors (Lipinski definition) is 3. The molecule has 1 aliphatic heterocycles. The average Bonchev–Trinajstić information content (AvgIpc) is 2.66. The molecule has 0 aromatic heterocycles. The molecule has 5 atom stereocenters. The normalized spacial score (nSPS) is 25.8. The smallest absolute Gasteiger partial charge is 0.303 e. The number of carboxylic acid groups (broad SMARTS) is 1. The van der Waals surface area contributed by atoms with Crippen LogP contribution < -0.4 is 0 Å². The highest BCUT2D eigenvalue weighted by atomic mass is 16.7. The van der Waals surface area contributed by atoms with E-state index < -0.39 is 24.5 Å². The highest BCUT2D eigenvalue weighted by Crippen LogP contribution is 2.23. The Hall–Kier alpha value is -0.690. The number of aliphatic hydroxyl groups excluding tert-OH is 2. The van der Waals surface area contributed by atoms with Gasteiger partial charge in [-0.2, -0.15) is 0 Å². The third-order valence-corrected chi connectivity index (χ3v) is 5.81. The number of carbonyl (C=O) groups is 1. The summed E-state index contributed by atoms with van der Waals surface area (Å²) >= 11 is 0. The highest BCUT2D eigenvalue weighted by molar-refractivity contribution is 5.66. The van der Waals surface area contributed by atoms with Gasteiger partial charge in [-0.1, -0.05) is 70.6 Å². The van der Waals surface area contributed by atoms with Gasteiger partial charge in [-0.25, -0.2) is 0 Å². The molecule has 1 aliphatic rings.